The Morgan fingerprint density at radius 1 is 0.550 bits per heavy atom. The van der Waals surface area contributed by atoms with Gasteiger partial charge in [-0.25, -0.2) is 0 Å². The lowest BCUT2D eigenvalue weighted by molar-refractivity contribution is 0.302. The van der Waals surface area contributed by atoms with Crippen LogP contribution in [-0.2, 0) is 0 Å². The van der Waals surface area contributed by atoms with Crippen molar-refractivity contribution in [1.82, 2.24) is 0 Å². The third kappa shape index (κ3) is 25.7. The van der Waals surface area contributed by atoms with Crippen molar-refractivity contribution in [2.75, 3.05) is 13.2 Å². The number of hydrogen-bond acceptors (Lipinski definition) is 2. The third-order valence-electron chi connectivity index (χ3n) is 2.27. The van der Waals surface area contributed by atoms with Gasteiger partial charge in [-0.1, -0.05) is 62.5 Å². The first kappa shape index (κ1) is 21.2. The van der Waals surface area contributed by atoms with Crippen molar-refractivity contribution < 1.29 is 10.2 Å². The lowest BCUT2D eigenvalue weighted by Crippen LogP contribution is -1.74. The first-order valence-electron chi connectivity index (χ1n) is 7.65. The SMILES string of the molecule is CC/C=C/C/C=C/CCO.CC/C=C/C/C=C/CCO. The maximum Gasteiger partial charge on any atom is 0.0465 e. The fourth-order valence-corrected chi connectivity index (χ4v) is 1.26. The molecule has 0 unspecified atom stereocenters. The molecule has 0 radical (unpaired) electrons. The molecule has 0 rings (SSSR count). The summed E-state index contributed by atoms with van der Waals surface area (Å²) in [6.07, 6.45) is 22.4. The average Bonchev–Trinajstić information content (AvgIpc) is 2.47. The first-order chi connectivity index (χ1) is 9.83. The Kier molecular flexibility index (Phi) is 24.4. The predicted molar refractivity (Wildman–Crippen MR) is 89.8 cm³/mol. The van der Waals surface area contributed by atoms with Gasteiger partial charge in [-0.3, -0.25) is 0 Å². The summed E-state index contributed by atoms with van der Waals surface area (Å²) in [5, 5.41) is 16.8. The summed E-state index contributed by atoms with van der Waals surface area (Å²) in [4.78, 5) is 0. The van der Waals surface area contributed by atoms with Crippen LogP contribution < -0.4 is 0 Å². The van der Waals surface area contributed by atoms with Gasteiger partial charge in [-0.15, -0.1) is 0 Å². The minimum Gasteiger partial charge on any atom is -0.396 e. The summed E-state index contributed by atoms with van der Waals surface area (Å²) in [7, 11) is 0. The summed E-state index contributed by atoms with van der Waals surface area (Å²) in [5.41, 5.74) is 0. The summed E-state index contributed by atoms with van der Waals surface area (Å²) >= 11 is 0. The fourth-order valence-electron chi connectivity index (χ4n) is 1.26. The van der Waals surface area contributed by atoms with Crippen molar-refractivity contribution in [1.29, 1.82) is 0 Å². The van der Waals surface area contributed by atoms with Gasteiger partial charge in [0, 0.05) is 13.2 Å². The molecule has 0 fully saturated rings. The van der Waals surface area contributed by atoms with E-state index in [1.807, 2.05) is 12.2 Å². The van der Waals surface area contributed by atoms with E-state index in [2.05, 4.69) is 50.3 Å². The highest BCUT2D eigenvalue weighted by Gasteiger charge is 1.73. The second kappa shape index (κ2) is 23.0. The molecule has 2 heteroatoms. The van der Waals surface area contributed by atoms with Crippen molar-refractivity contribution in [3.8, 4) is 0 Å². The second-order valence-corrected chi connectivity index (χ2v) is 4.20. The molecule has 2 nitrogen and oxygen atoms in total. The van der Waals surface area contributed by atoms with Crippen LogP contribution in [0.3, 0.4) is 0 Å². The van der Waals surface area contributed by atoms with E-state index in [-0.39, 0.29) is 13.2 Å². The van der Waals surface area contributed by atoms with Crippen LogP contribution in [0.5, 0.6) is 0 Å². The van der Waals surface area contributed by atoms with Gasteiger partial charge >= 0.3 is 0 Å². The van der Waals surface area contributed by atoms with E-state index in [1.165, 1.54) is 0 Å². The Labute approximate surface area is 125 Å². The zero-order valence-electron chi connectivity index (χ0n) is 13.2. The highest BCUT2D eigenvalue weighted by molar-refractivity contribution is 4.92. The molecule has 0 spiro atoms. The summed E-state index contributed by atoms with van der Waals surface area (Å²) in [5.74, 6) is 0. The highest BCUT2D eigenvalue weighted by Crippen LogP contribution is 1.90. The van der Waals surface area contributed by atoms with E-state index in [0.29, 0.717) is 0 Å². The lowest BCUT2D eigenvalue weighted by Gasteiger charge is -1.83. The number of allylic oxidation sites excluding steroid dienone is 6. The Balaban J connectivity index is 0. The molecule has 0 aromatic heterocycles. The molecule has 0 aliphatic heterocycles. The standard InChI is InChI=1S/2C9H16O/c2*1-2-3-4-5-6-7-8-9-10/h2*3-4,6-7,10H,2,5,8-9H2,1H3/b2*4-3+,7-6+. The lowest BCUT2D eigenvalue weighted by atomic mass is 10.3. The van der Waals surface area contributed by atoms with Crippen LogP contribution in [0.25, 0.3) is 0 Å². The normalized spacial score (nSPS) is 11.8. The Bertz CT molecular complexity index is 235. The van der Waals surface area contributed by atoms with Crippen LogP contribution in [0.4, 0.5) is 0 Å². The fraction of sp³-hybridized carbons (Fsp3) is 0.556. The van der Waals surface area contributed by atoms with Gasteiger partial charge in [0.15, 0.2) is 0 Å². The van der Waals surface area contributed by atoms with E-state index in [9.17, 15) is 0 Å². The smallest absolute Gasteiger partial charge is 0.0465 e. The van der Waals surface area contributed by atoms with Crippen molar-refractivity contribution in [2.45, 2.75) is 52.4 Å². The van der Waals surface area contributed by atoms with Crippen LogP contribution in [0, 0.1) is 0 Å². The molecule has 2 N–H and O–H groups in total. The number of hydrogen-bond donors (Lipinski definition) is 2. The van der Waals surface area contributed by atoms with Gasteiger partial charge < -0.3 is 10.2 Å². The van der Waals surface area contributed by atoms with E-state index in [4.69, 9.17) is 10.2 Å². The van der Waals surface area contributed by atoms with Crippen LogP contribution in [0.15, 0.2) is 48.6 Å². The molecule has 0 aliphatic rings. The second-order valence-electron chi connectivity index (χ2n) is 4.20. The molecule has 0 aliphatic carbocycles. The summed E-state index contributed by atoms with van der Waals surface area (Å²) < 4.78 is 0. The van der Waals surface area contributed by atoms with Crippen molar-refractivity contribution in [3.63, 3.8) is 0 Å². The Morgan fingerprint density at radius 2 is 0.900 bits per heavy atom. The molecule has 0 heterocycles. The summed E-state index contributed by atoms with van der Waals surface area (Å²) in [6, 6.07) is 0. The third-order valence-corrected chi connectivity index (χ3v) is 2.27. The van der Waals surface area contributed by atoms with Crippen LogP contribution in [0.1, 0.15) is 52.4 Å². The topological polar surface area (TPSA) is 40.5 Å². The zero-order chi connectivity index (χ0) is 15.3. The molecule has 0 aromatic rings. The monoisotopic (exact) mass is 280 g/mol. The van der Waals surface area contributed by atoms with E-state index in [0.717, 1.165) is 38.5 Å². The molecule has 0 aromatic carbocycles. The van der Waals surface area contributed by atoms with Gasteiger partial charge in [0.2, 0.25) is 0 Å². The van der Waals surface area contributed by atoms with Crippen LogP contribution in [0.2, 0.25) is 0 Å². The molecule has 0 saturated carbocycles. The van der Waals surface area contributed by atoms with E-state index >= 15 is 0 Å². The number of rotatable bonds is 10. The van der Waals surface area contributed by atoms with Crippen LogP contribution >= 0.6 is 0 Å². The molecule has 116 valence electrons. The van der Waals surface area contributed by atoms with Crippen molar-refractivity contribution in [3.05, 3.63) is 48.6 Å². The zero-order valence-corrected chi connectivity index (χ0v) is 13.2. The Morgan fingerprint density at radius 3 is 1.20 bits per heavy atom. The molecule has 0 bridgehead atoms. The predicted octanol–water partition coefficient (Wildman–Crippen LogP) is 4.56. The summed E-state index contributed by atoms with van der Waals surface area (Å²) in [6.45, 7) is 4.75. The molecule has 0 amide bonds. The van der Waals surface area contributed by atoms with Gasteiger partial charge in [0.05, 0.1) is 0 Å². The maximum absolute atomic E-state index is 8.40. The molecular formula is C18H32O2. The molecule has 20 heavy (non-hydrogen) atoms. The van der Waals surface area contributed by atoms with Gasteiger partial charge in [0.25, 0.3) is 0 Å². The number of aliphatic hydroxyl groups is 2. The minimum absolute atomic E-state index is 0.258. The van der Waals surface area contributed by atoms with E-state index < -0.39 is 0 Å². The van der Waals surface area contributed by atoms with Crippen LogP contribution in [-0.4, -0.2) is 23.4 Å². The van der Waals surface area contributed by atoms with Gasteiger partial charge in [0.1, 0.15) is 0 Å². The van der Waals surface area contributed by atoms with Gasteiger partial charge in [-0.05, 0) is 38.5 Å². The highest BCUT2D eigenvalue weighted by atomic mass is 16.3. The largest absolute Gasteiger partial charge is 0.396 e. The molecular weight excluding hydrogens is 248 g/mol. The molecule has 0 atom stereocenters. The van der Waals surface area contributed by atoms with Crippen molar-refractivity contribution in [2.24, 2.45) is 0 Å². The van der Waals surface area contributed by atoms with Gasteiger partial charge in [-0.2, -0.15) is 0 Å². The minimum atomic E-state index is 0.258. The quantitative estimate of drug-likeness (QED) is 0.576. The maximum atomic E-state index is 8.40. The van der Waals surface area contributed by atoms with E-state index in [1.54, 1.807) is 0 Å². The Hall–Kier alpha value is -1.12. The average molecular weight is 280 g/mol. The number of aliphatic hydroxyl groups excluding tert-OH is 2. The first-order valence-corrected chi connectivity index (χ1v) is 7.65. The molecule has 0 saturated heterocycles. The van der Waals surface area contributed by atoms with Crippen molar-refractivity contribution >= 4 is 0 Å².